The molecule has 1 aromatic carbocycles. The maximum Gasteiger partial charge on any atom is 0.251 e. The van der Waals surface area contributed by atoms with E-state index in [4.69, 9.17) is 4.42 Å². The molecule has 1 saturated heterocycles. The first-order valence-electron chi connectivity index (χ1n) is 8.97. The van der Waals surface area contributed by atoms with Crippen LogP contribution in [0.2, 0.25) is 0 Å². The number of rotatable bonds is 5. The van der Waals surface area contributed by atoms with Crippen LogP contribution in [-0.4, -0.2) is 41.5 Å². The predicted octanol–water partition coefficient (Wildman–Crippen LogP) is 3.56. The van der Waals surface area contributed by atoms with E-state index in [1.165, 1.54) is 19.3 Å². The summed E-state index contributed by atoms with van der Waals surface area (Å²) in [7, 11) is 0. The van der Waals surface area contributed by atoms with Crippen LogP contribution < -0.4 is 5.32 Å². The Balaban J connectivity index is 1.59. The lowest BCUT2D eigenvalue weighted by Gasteiger charge is -2.33. The van der Waals surface area contributed by atoms with E-state index in [0.717, 1.165) is 18.6 Å². The third-order valence-electron chi connectivity index (χ3n) is 4.79. The fraction of sp³-hybridized carbons (Fsp3) is 0.579. The molecule has 24 heavy (non-hydrogen) atoms. The standard InChI is InChI=1S/C19H27N3O2/c1-13(2)19-21-16-8-7-15(12-17(16)24-19)18(23)20-9-11-22-10-5-4-6-14(22)3/h7-8,12-14H,4-6,9-11H2,1-3H3,(H,20,23). The summed E-state index contributed by atoms with van der Waals surface area (Å²) < 4.78 is 5.73. The first-order valence-corrected chi connectivity index (χ1v) is 8.97. The topological polar surface area (TPSA) is 58.4 Å². The lowest BCUT2D eigenvalue weighted by molar-refractivity contribution is 0.0938. The van der Waals surface area contributed by atoms with Crippen LogP contribution in [0.1, 0.15) is 62.2 Å². The van der Waals surface area contributed by atoms with Crippen molar-refractivity contribution in [2.24, 2.45) is 0 Å². The molecule has 1 aliphatic rings. The van der Waals surface area contributed by atoms with Gasteiger partial charge in [-0.05, 0) is 44.5 Å². The van der Waals surface area contributed by atoms with Crippen molar-refractivity contribution in [3.05, 3.63) is 29.7 Å². The molecule has 5 nitrogen and oxygen atoms in total. The van der Waals surface area contributed by atoms with Crippen LogP contribution in [0.5, 0.6) is 0 Å². The molecule has 1 amide bonds. The van der Waals surface area contributed by atoms with Gasteiger partial charge in [-0.3, -0.25) is 9.69 Å². The summed E-state index contributed by atoms with van der Waals surface area (Å²) in [6.07, 6.45) is 3.84. The monoisotopic (exact) mass is 329 g/mol. The van der Waals surface area contributed by atoms with Gasteiger partial charge >= 0.3 is 0 Å². The lowest BCUT2D eigenvalue weighted by atomic mass is 10.0. The van der Waals surface area contributed by atoms with Crippen LogP contribution >= 0.6 is 0 Å². The normalized spacial score (nSPS) is 19.1. The van der Waals surface area contributed by atoms with E-state index in [0.29, 0.717) is 29.6 Å². The second kappa shape index (κ2) is 7.34. The summed E-state index contributed by atoms with van der Waals surface area (Å²) in [5, 5.41) is 3.02. The number of benzene rings is 1. The molecule has 0 radical (unpaired) electrons. The minimum absolute atomic E-state index is 0.0518. The highest BCUT2D eigenvalue weighted by atomic mass is 16.3. The average Bonchev–Trinajstić information content (AvgIpc) is 3.00. The van der Waals surface area contributed by atoms with Gasteiger partial charge in [0.15, 0.2) is 11.5 Å². The minimum Gasteiger partial charge on any atom is -0.440 e. The quantitative estimate of drug-likeness (QED) is 0.911. The molecule has 1 atom stereocenters. The van der Waals surface area contributed by atoms with Gasteiger partial charge in [-0.15, -0.1) is 0 Å². The lowest BCUT2D eigenvalue weighted by Crippen LogP contribution is -2.42. The number of fused-ring (bicyclic) bond motifs is 1. The number of hydrogen-bond donors (Lipinski definition) is 1. The molecule has 1 N–H and O–H groups in total. The Morgan fingerprint density at radius 2 is 2.25 bits per heavy atom. The highest BCUT2D eigenvalue weighted by Crippen LogP contribution is 2.22. The van der Waals surface area contributed by atoms with Crippen LogP contribution in [0, 0.1) is 0 Å². The van der Waals surface area contributed by atoms with Crippen LogP contribution in [0.4, 0.5) is 0 Å². The Kier molecular flexibility index (Phi) is 5.19. The van der Waals surface area contributed by atoms with Gasteiger partial charge in [0.1, 0.15) is 5.52 Å². The number of aromatic nitrogens is 1. The first kappa shape index (κ1) is 17.0. The maximum atomic E-state index is 12.4. The van der Waals surface area contributed by atoms with Crippen molar-refractivity contribution >= 4 is 17.0 Å². The number of carbonyl (C=O) groups is 1. The molecule has 3 rings (SSSR count). The number of piperidine rings is 1. The number of nitrogens with one attached hydrogen (secondary N) is 1. The second-order valence-electron chi connectivity index (χ2n) is 7.03. The molecule has 1 unspecified atom stereocenters. The number of carbonyl (C=O) groups excluding carboxylic acids is 1. The zero-order valence-electron chi connectivity index (χ0n) is 14.8. The fourth-order valence-corrected chi connectivity index (χ4v) is 3.24. The van der Waals surface area contributed by atoms with Crippen LogP contribution in [0.15, 0.2) is 22.6 Å². The smallest absolute Gasteiger partial charge is 0.251 e. The Morgan fingerprint density at radius 3 is 3.00 bits per heavy atom. The van der Waals surface area contributed by atoms with E-state index < -0.39 is 0 Å². The van der Waals surface area contributed by atoms with Gasteiger partial charge in [0, 0.05) is 30.6 Å². The number of nitrogens with zero attached hydrogens (tertiary/aromatic N) is 2. The molecule has 2 aromatic rings. The van der Waals surface area contributed by atoms with Crippen molar-refractivity contribution in [1.29, 1.82) is 0 Å². The van der Waals surface area contributed by atoms with Crippen LogP contribution in [0.3, 0.4) is 0 Å². The van der Waals surface area contributed by atoms with E-state index in [1.54, 1.807) is 6.07 Å². The maximum absolute atomic E-state index is 12.4. The Hall–Kier alpha value is -1.88. The molecule has 2 heterocycles. The van der Waals surface area contributed by atoms with Gasteiger partial charge in [0.2, 0.25) is 0 Å². The van der Waals surface area contributed by atoms with Gasteiger partial charge in [-0.2, -0.15) is 0 Å². The Bertz CT molecular complexity index is 708. The molecule has 5 heteroatoms. The molecule has 0 spiro atoms. The third-order valence-corrected chi connectivity index (χ3v) is 4.79. The van der Waals surface area contributed by atoms with Crippen LogP contribution in [-0.2, 0) is 0 Å². The largest absolute Gasteiger partial charge is 0.440 e. The molecule has 1 fully saturated rings. The van der Waals surface area contributed by atoms with Crippen molar-refractivity contribution < 1.29 is 9.21 Å². The van der Waals surface area contributed by atoms with Gasteiger partial charge < -0.3 is 9.73 Å². The summed E-state index contributed by atoms with van der Waals surface area (Å²) in [6, 6.07) is 6.07. The van der Waals surface area contributed by atoms with Gasteiger partial charge in [0.25, 0.3) is 5.91 Å². The van der Waals surface area contributed by atoms with E-state index >= 15 is 0 Å². The molecule has 1 aliphatic heterocycles. The van der Waals surface area contributed by atoms with Gasteiger partial charge in [0.05, 0.1) is 0 Å². The van der Waals surface area contributed by atoms with E-state index in [2.05, 4.69) is 22.1 Å². The average molecular weight is 329 g/mol. The van der Waals surface area contributed by atoms with E-state index in [1.807, 2.05) is 26.0 Å². The number of oxazole rings is 1. The Morgan fingerprint density at radius 1 is 1.42 bits per heavy atom. The summed E-state index contributed by atoms with van der Waals surface area (Å²) >= 11 is 0. The molecule has 1 aromatic heterocycles. The van der Waals surface area contributed by atoms with Crippen molar-refractivity contribution in [1.82, 2.24) is 15.2 Å². The highest BCUT2D eigenvalue weighted by Gasteiger charge is 2.18. The number of amides is 1. The summed E-state index contributed by atoms with van der Waals surface area (Å²) in [5.41, 5.74) is 2.11. The first-order chi connectivity index (χ1) is 11.5. The molecule has 130 valence electrons. The molecule has 0 saturated carbocycles. The van der Waals surface area contributed by atoms with Crippen LogP contribution in [0.25, 0.3) is 11.1 Å². The summed E-state index contributed by atoms with van der Waals surface area (Å²) in [5.74, 6) is 0.895. The zero-order valence-corrected chi connectivity index (χ0v) is 14.8. The Labute approximate surface area is 143 Å². The van der Waals surface area contributed by atoms with Gasteiger partial charge in [-0.25, -0.2) is 4.98 Å². The molecule has 0 bridgehead atoms. The summed E-state index contributed by atoms with van der Waals surface area (Å²) in [4.78, 5) is 19.3. The number of likely N-dealkylation sites (tertiary alicyclic amines) is 1. The van der Waals surface area contributed by atoms with Crippen molar-refractivity contribution in [3.63, 3.8) is 0 Å². The highest BCUT2D eigenvalue weighted by molar-refractivity contribution is 5.97. The van der Waals surface area contributed by atoms with Crippen molar-refractivity contribution in [2.75, 3.05) is 19.6 Å². The predicted molar refractivity (Wildman–Crippen MR) is 95.3 cm³/mol. The minimum atomic E-state index is -0.0518. The molecular weight excluding hydrogens is 302 g/mol. The zero-order chi connectivity index (χ0) is 17.1. The van der Waals surface area contributed by atoms with E-state index in [9.17, 15) is 4.79 Å². The van der Waals surface area contributed by atoms with Gasteiger partial charge in [-0.1, -0.05) is 20.3 Å². The van der Waals surface area contributed by atoms with Crippen molar-refractivity contribution in [3.8, 4) is 0 Å². The second-order valence-corrected chi connectivity index (χ2v) is 7.03. The third kappa shape index (κ3) is 3.78. The molecule has 0 aliphatic carbocycles. The fourth-order valence-electron chi connectivity index (χ4n) is 3.24. The SMILES string of the molecule is CC(C)c1nc2ccc(C(=O)NCCN3CCCCC3C)cc2o1. The number of hydrogen-bond acceptors (Lipinski definition) is 4. The molecular formula is C19H27N3O2. The van der Waals surface area contributed by atoms with E-state index in [-0.39, 0.29) is 11.8 Å². The summed E-state index contributed by atoms with van der Waals surface area (Å²) in [6.45, 7) is 9.08. The van der Waals surface area contributed by atoms with Crippen molar-refractivity contribution in [2.45, 2.75) is 52.0 Å².